The summed E-state index contributed by atoms with van der Waals surface area (Å²) < 4.78 is 54.1. The van der Waals surface area contributed by atoms with E-state index in [1.165, 1.54) is 13.0 Å². The summed E-state index contributed by atoms with van der Waals surface area (Å²) >= 11 is 0. The number of terminal acetylenes is 3. The summed E-state index contributed by atoms with van der Waals surface area (Å²) in [6.45, 7) is -5.65. The lowest BCUT2D eigenvalue weighted by Gasteiger charge is -2.22. The fourth-order valence-electron chi connectivity index (χ4n) is 1.29. The molecule has 0 aliphatic rings. The fraction of sp³-hybridized carbons (Fsp3) is 0.350. The van der Waals surface area contributed by atoms with Crippen molar-refractivity contribution in [1.82, 2.24) is 4.90 Å². The van der Waals surface area contributed by atoms with E-state index in [2.05, 4.69) is 17.6 Å². The van der Waals surface area contributed by atoms with Crippen LogP contribution in [-0.4, -0.2) is 49.2 Å². The van der Waals surface area contributed by atoms with Crippen LogP contribution in [0.5, 0.6) is 0 Å². The van der Waals surface area contributed by atoms with E-state index >= 15 is 0 Å². The van der Waals surface area contributed by atoms with Crippen molar-refractivity contribution in [3.63, 3.8) is 0 Å². The Morgan fingerprint density at radius 1 is 1.36 bits per heavy atom. The van der Waals surface area contributed by atoms with Crippen molar-refractivity contribution in [2.45, 2.75) is 19.4 Å². The van der Waals surface area contributed by atoms with E-state index in [0.717, 1.165) is 10.5 Å². The lowest BCUT2D eigenvalue weighted by atomic mass is 10.1. The molecule has 1 atom stereocenters. The molecular weight excluding hydrogens is 338 g/mol. The minimum Gasteiger partial charge on any atom is -0.459 e. The number of carbonyl (C=O) groups is 1. The Balaban J connectivity index is -0.000000535. The van der Waals surface area contributed by atoms with Gasteiger partial charge in [0.2, 0.25) is 0 Å². The van der Waals surface area contributed by atoms with Gasteiger partial charge in [0.25, 0.3) is 0 Å². The number of halogens is 1. The highest BCUT2D eigenvalue weighted by molar-refractivity contribution is 5.87. The summed E-state index contributed by atoms with van der Waals surface area (Å²) in [6.07, 6.45) is 14.5. The van der Waals surface area contributed by atoms with Gasteiger partial charge in [-0.1, -0.05) is 42.2 Å². The predicted octanol–water partition coefficient (Wildman–Crippen LogP) is 2.01. The second kappa shape index (κ2) is 19.6. The maximum atomic E-state index is 9.72. The Hall–Kier alpha value is -2.42. The first kappa shape index (κ1) is 14.9. The number of benzene rings is 1. The Morgan fingerprint density at radius 2 is 1.92 bits per heavy atom. The van der Waals surface area contributed by atoms with Crippen molar-refractivity contribution < 1.29 is 24.2 Å². The molecule has 0 amide bonds. The molecule has 136 valence electrons. The van der Waals surface area contributed by atoms with E-state index < -0.39 is 32.0 Å². The highest BCUT2D eigenvalue weighted by Crippen LogP contribution is 2.06. The first-order valence-electron chi connectivity index (χ1n) is 10.1. The summed E-state index contributed by atoms with van der Waals surface area (Å²) in [5.41, 5.74) is 0.942. The van der Waals surface area contributed by atoms with E-state index in [1.807, 2.05) is 36.3 Å². The quantitative estimate of drug-likeness (QED) is 0.500. The van der Waals surface area contributed by atoms with Gasteiger partial charge < -0.3 is 9.84 Å². The molecule has 0 unspecified atom stereocenters. The Bertz CT molecular complexity index is 804. The number of likely N-dealkylation sites (N-methyl/N-ethyl adjacent to an activating group) is 1. The topological polar surface area (TPSA) is 49.8 Å². The Labute approximate surface area is 167 Å². The van der Waals surface area contributed by atoms with Gasteiger partial charge in [0.05, 0.1) is 19.1 Å². The molecule has 4 nitrogen and oxygen atoms in total. The van der Waals surface area contributed by atoms with Crippen LogP contribution >= 0.6 is 12.4 Å². The second-order valence-electron chi connectivity index (χ2n) is 4.06. The molecule has 0 saturated heterocycles. The van der Waals surface area contributed by atoms with Gasteiger partial charge in [-0.3, -0.25) is 4.90 Å². The molecule has 0 saturated carbocycles. The molecule has 1 N–H and O–H groups in total. The number of methoxy groups -OCH3 is 1. The van der Waals surface area contributed by atoms with E-state index in [-0.39, 0.29) is 12.4 Å². The maximum absolute atomic E-state index is 9.72. The van der Waals surface area contributed by atoms with Crippen LogP contribution in [0.2, 0.25) is 0 Å². The molecule has 0 aliphatic carbocycles. The average Bonchev–Trinajstić information content (AvgIpc) is 2.67. The summed E-state index contributed by atoms with van der Waals surface area (Å²) in [5, 5.41) is 7.92. The van der Waals surface area contributed by atoms with Crippen molar-refractivity contribution in [2.75, 3.05) is 27.1 Å². The van der Waals surface area contributed by atoms with Crippen molar-refractivity contribution in [1.29, 1.82) is 0 Å². The third kappa shape index (κ3) is 17.8. The van der Waals surface area contributed by atoms with Crippen LogP contribution in [0.15, 0.2) is 30.3 Å². The van der Waals surface area contributed by atoms with Crippen LogP contribution in [0.4, 0.5) is 0 Å². The SMILES string of the molecule is C#CC(=O)OC.Cl.[2H]C([2H])(O)C#C.[2H]C([2H])([2H])N([C@H](C)Cc1ccccc1)C([2H])([2H])C#C. The number of carbonyl (C=O) groups excluding carboxylic acids is 1. The molecule has 0 radical (unpaired) electrons. The third-order valence-electron chi connectivity index (χ3n) is 2.37. The standard InChI is InChI=1S/C13H17N.C4H4O2.C3H4O.ClH/c1-4-10-14(3)12(2)11-13-8-6-5-7-9-13;1-3-4(5)6-2;1-2-3-4;/h1,5-9,12H,10-11H2,2-3H3;1H,2H3;1,4H,3H2;1H/t12-;;;/m1.../s1/i3D3,10D2;;3D2;. The van der Waals surface area contributed by atoms with E-state index in [4.69, 9.17) is 21.1 Å². The number of ether oxygens (including phenoxy) is 1. The molecular formula is C20H26ClNO3. The van der Waals surface area contributed by atoms with E-state index in [9.17, 15) is 4.79 Å². The summed E-state index contributed by atoms with van der Waals surface area (Å²) in [5.74, 6) is 4.53. The molecule has 0 aliphatic heterocycles. The minimum absolute atomic E-state index is 0. The van der Waals surface area contributed by atoms with Gasteiger partial charge in [0.1, 0.15) is 6.56 Å². The fourth-order valence-corrected chi connectivity index (χ4v) is 1.29. The number of rotatable bonds is 4. The highest BCUT2D eigenvalue weighted by Gasteiger charge is 2.07. The van der Waals surface area contributed by atoms with Gasteiger partial charge in [-0.05, 0) is 25.9 Å². The largest absolute Gasteiger partial charge is 0.459 e. The number of esters is 1. The van der Waals surface area contributed by atoms with Gasteiger partial charge in [-0.25, -0.2) is 4.79 Å². The Kier molecular flexibility index (Phi) is 11.7. The van der Waals surface area contributed by atoms with Gasteiger partial charge in [-0.15, -0.1) is 31.7 Å². The van der Waals surface area contributed by atoms with Crippen molar-refractivity contribution in [3.05, 3.63) is 35.9 Å². The number of hydrogen-bond acceptors (Lipinski definition) is 4. The van der Waals surface area contributed by atoms with Crippen molar-refractivity contribution in [3.8, 4) is 37.0 Å². The summed E-state index contributed by atoms with van der Waals surface area (Å²) in [6, 6.07) is 8.80. The smallest absolute Gasteiger partial charge is 0.383 e. The first-order chi connectivity index (χ1) is 14.1. The molecule has 1 rings (SSSR count). The van der Waals surface area contributed by atoms with Crippen LogP contribution < -0.4 is 0 Å². The molecule has 0 aromatic heterocycles. The molecule has 1 aromatic carbocycles. The number of hydrogen-bond donors (Lipinski definition) is 1. The molecule has 0 fully saturated rings. The first-order valence-corrected chi connectivity index (χ1v) is 6.61. The normalized spacial score (nSPS) is 15.0. The van der Waals surface area contributed by atoms with Crippen molar-refractivity contribution >= 4 is 18.4 Å². The van der Waals surface area contributed by atoms with Crippen LogP contribution in [0.3, 0.4) is 0 Å². The number of nitrogens with zero attached hydrogens (tertiary/aromatic N) is 1. The Morgan fingerprint density at radius 3 is 2.24 bits per heavy atom. The second-order valence-corrected chi connectivity index (χ2v) is 4.06. The van der Waals surface area contributed by atoms with E-state index in [1.54, 1.807) is 12.8 Å². The van der Waals surface area contributed by atoms with Gasteiger partial charge in [-0.2, -0.15) is 0 Å². The van der Waals surface area contributed by atoms with Crippen LogP contribution in [0.1, 0.15) is 22.1 Å². The summed E-state index contributed by atoms with van der Waals surface area (Å²) in [7, 11) is 1.24. The van der Waals surface area contributed by atoms with Crippen LogP contribution in [0.25, 0.3) is 0 Å². The maximum Gasteiger partial charge on any atom is 0.383 e. The molecule has 0 spiro atoms. The van der Waals surface area contributed by atoms with Crippen molar-refractivity contribution in [2.24, 2.45) is 0 Å². The van der Waals surface area contributed by atoms with Gasteiger partial charge in [0.15, 0.2) is 0 Å². The van der Waals surface area contributed by atoms with Gasteiger partial charge in [0, 0.05) is 16.1 Å². The average molecular weight is 371 g/mol. The number of aliphatic hydroxyl groups is 1. The molecule has 0 bridgehead atoms. The zero-order chi connectivity index (χ0) is 24.9. The summed E-state index contributed by atoms with van der Waals surface area (Å²) in [4.78, 5) is 10.5. The minimum atomic E-state index is -2.58. The molecule has 5 heteroatoms. The molecule has 25 heavy (non-hydrogen) atoms. The molecule has 0 heterocycles. The molecule has 1 aromatic rings. The van der Waals surface area contributed by atoms with Crippen LogP contribution in [-0.2, 0) is 16.0 Å². The van der Waals surface area contributed by atoms with Crippen LogP contribution in [0, 0.1) is 37.0 Å². The van der Waals surface area contributed by atoms with E-state index in [0.29, 0.717) is 6.42 Å². The zero-order valence-electron chi connectivity index (χ0n) is 21.0. The third-order valence-corrected chi connectivity index (χ3v) is 2.37. The highest BCUT2D eigenvalue weighted by atomic mass is 35.5. The predicted molar refractivity (Wildman–Crippen MR) is 105 cm³/mol. The zero-order valence-corrected chi connectivity index (χ0v) is 14.8. The lowest BCUT2D eigenvalue weighted by Crippen LogP contribution is -2.31. The van der Waals surface area contributed by atoms with Gasteiger partial charge >= 0.3 is 5.97 Å². The lowest BCUT2D eigenvalue weighted by molar-refractivity contribution is -0.133. The monoisotopic (exact) mass is 370 g/mol.